The van der Waals surface area contributed by atoms with Crippen molar-refractivity contribution in [1.29, 1.82) is 0 Å². The number of fused-ring (bicyclic) bond motifs is 1. The van der Waals surface area contributed by atoms with Crippen molar-refractivity contribution < 1.29 is 28.6 Å². The lowest BCUT2D eigenvalue weighted by molar-refractivity contribution is 0.0523. The maximum atomic E-state index is 12.2. The molecule has 11 heteroatoms. The predicted octanol–water partition coefficient (Wildman–Crippen LogP) is 5.50. The van der Waals surface area contributed by atoms with Crippen LogP contribution in [-0.2, 0) is 14.2 Å². The molecular weight excluding hydrogens is 500 g/mol. The molecule has 178 valence electrons. The quantitative estimate of drug-likeness (QED) is 0.237. The third kappa shape index (κ3) is 5.82. The number of rotatable bonds is 7. The van der Waals surface area contributed by atoms with E-state index < -0.39 is 17.9 Å². The number of carbonyl (C=O) groups excluding carboxylic acids is 3. The number of hydrogen-bond acceptors (Lipinski definition) is 8. The Morgan fingerprint density at radius 2 is 1.50 bits per heavy atom. The Morgan fingerprint density at radius 3 is 2.06 bits per heavy atom. The Kier molecular flexibility index (Phi) is 8.43. The van der Waals surface area contributed by atoms with Gasteiger partial charge in [-0.2, -0.15) is 0 Å². The summed E-state index contributed by atoms with van der Waals surface area (Å²) in [5.41, 5.74) is 1.41. The van der Waals surface area contributed by atoms with Gasteiger partial charge in [0.2, 0.25) is 0 Å². The highest BCUT2D eigenvalue weighted by molar-refractivity contribution is 7.80. The lowest BCUT2D eigenvalue weighted by Crippen LogP contribution is -2.20. The summed E-state index contributed by atoms with van der Waals surface area (Å²) < 4.78 is 15.6. The first-order chi connectivity index (χ1) is 16.3. The van der Waals surface area contributed by atoms with Gasteiger partial charge in [0.1, 0.15) is 4.88 Å². The van der Waals surface area contributed by atoms with Crippen LogP contribution >= 0.6 is 35.2 Å². The third-order valence-corrected chi connectivity index (χ3v) is 6.31. The van der Waals surface area contributed by atoms with E-state index in [0.717, 1.165) is 10.1 Å². The maximum absolute atomic E-state index is 12.2. The van der Waals surface area contributed by atoms with Crippen LogP contribution in [0.2, 0.25) is 5.02 Å². The van der Waals surface area contributed by atoms with Crippen molar-refractivity contribution >= 4 is 79.6 Å². The topological polar surface area (TPSA) is 103 Å². The molecular formula is C23H21ClN2O6S2. The van der Waals surface area contributed by atoms with Crippen molar-refractivity contribution in [3.05, 3.63) is 57.4 Å². The van der Waals surface area contributed by atoms with Gasteiger partial charge in [0.05, 0.1) is 36.5 Å². The number of esters is 3. The van der Waals surface area contributed by atoms with Gasteiger partial charge >= 0.3 is 17.9 Å². The first-order valence-electron chi connectivity index (χ1n) is 10.1. The largest absolute Gasteiger partial charge is 0.465 e. The summed E-state index contributed by atoms with van der Waals surface area (Å²) in [5, 5.41) is 7.27. The van der Waals surface area contributed by atoms with E-state index in [1.807, 2.05) is 0 Å². The monoisotopic (exact) mass is 520 g/mol. The molecule has 0 aliphatic carbocycles. The molecule has 0 fully saturated rings. The van der Waals surface area contributed by atoms with Gasteiger partial charge in [-0.3, -0.25) is 0 Å². The van der Waals surface area contributed by atoms with Gasteiger partial charge in [-0.15, -0.1) is 11.3 Å². The lowest BCUT2D eigenvalue weighted by Gasteiger charge is -2.13. The van der Waals surface area contributed by atoms with Crippen LogP contribution in [0.25, 0.3) is 10.1 Å². The van der Waals surface area contributed by atoms with Crippen molar-refractivity contribution in [2.24, 2.45) is 0 Å². The second-order valence-electron chi connectivity index (χ2n) is 6.77. The third-order valence-electron chi connectivity index (χ3n) is 4.47. The second kappa shape index (κ2) is 11.3. The van der Waals surface area contributed by atoms with Crippen LogP contribution in [0.5, 0.6) is 0 Å². The number of thiophene rings is 1. The fourth-order valence-corrected chi connectivity index (χ4v) is 4.73. The van der Waals surface area contributed by atoms with Crippen LogP contribution in [0.1, 0.15) is 44.2 Å². The number of halogens is 1. The molecule has 0 saturated heterocycles. The molecule has 0 saturated carbocycles. The molecule has 8 nitrogen and oxygen atoms in total. The van der Waals surface area contributed by atoms with Crippen molar-refractivity contribution in [2.75, 3.05) is 31.0 Å². The van der Waals surface area contributed by atoms with E-state index in [2.05, 4.69) is 10.6 Å². The first-order valence-corrected chi connectivity index (χ1v) is 11.7. The molecule has 0 radical (unpaired) electrons. The summed E-state index contributed by atoms with van der Waals surface area (Å²) in [5.74, 6) is -1.65. The molecule has 0 atom stereocenters. The average molecular weight is 521 g/mol. The van der Waals surface area contributed by atoms with Gasteiger partial charge in [0, 0.05) is 21.5 Å². The zero-order chi connectivity index (χ0) is 24.8. The normalized spacial score (nSPS) is 10.5. The Bertz CT molecular complexity index is 1240. The summed E-state index contributed by atoms with van der Waals surface area (Å²) in [6.07, 6.45) is 0. The van der Waals surface area contributed by atoms with Crippen LogP contribution in [0, 0.1) is 0 Å². The number of ether oxygens (including phenoxy) is 3. The van der Waals surface area contributed by atoms with Crippen LogP contribution in [-0.4, -0.2) is 43.3 Å². The standard InChI is InChI=1S/C23H21ClN2O6S2/c1-4-31-20(27)12-8-13(21(28)32-5-2)10-15(9-12)26-23(33)25-14-6-7-16-17(11-14)34-19(18(16)24)22(29)30-3/h6-11H,4-5H2,1-3H3,(H2,25,26,33). The lowest BCUT2D eigenvalue weighted by atomic mass is 10.1. The van der Waals surface area contributed by atoms with E-state index >= 15 is 0 Å². The number of carbonyl (C=O) groups is 3. The molecule has 1 aromatic heterocycles. The molecule has 34 heavy (non-hydrogen) atoms. The number of nitrogens with one attached hydrogen (secondary N) is 2. The van der Waals surface area contributed by atoms with Crippen LogP contribution in [0.3, 0.4) is 0 Å². The minimum atomic E-state index is -0.572. The number of methoxy groups -OCH3 is 1. The zero-order valence-corrected chi connectivity index (χ0v) is 20.9. The zero-order valence-electron chi connectivity index (χ0n) is 18.5. The fourth-order valence-electron chi connectivity index (χ4n) is 3.02. The smallest absolute Gasteiger partial charge is 0.349 e. The van der Waals surface area contributed by atoms with Crippen LogP contribution in [0.4, 0.5) is 11.4 Å². The van der Waals surface area contributed by atoms with Crippen LogP contribution < -0.4 is 10.6 Å². The number of anilines is 2. The summed E-state index contributed by atoms with van der Waals surface area (Å²) in [7, 11) is 1.30. The Balaban J connectivity index is 1.83. The van der Waals surface area contributed by atoms with E-state index in [1.54, 1.807) is 32.0 Å². The number of hydrogen-bond donors (Lipinski definition) is 2. The molecule has 0 amide bonds. The van der Waals surface area contributed by atoms with Crippen molar-refractivity contribution in [1.82, 2.24) is 0 Å². The molecule has 0 aliphatic heterocycles. The minimum absolute atomic E-state index is 0.183. The predicted molar refractivity (Wildman–Crippen MR) is 136 cm³/mol. The number of benzene rings is 2. The summed E-state index contributed by atoms with van der Waals surface area (Å²) >= 11 is 12.9. The molecule has 2 aromatic carbocycles. The highest BCUT2D eigenvalue weighted by Crippen LogP contribution is 2.37. The molecule has 0 unspecified atom stereocenters. The Hall–Kier alpha value is -3.21. The van der Waals surface area contributed by atoms with Crippen LogP contribution in [0.15, 0.2) is 36.4 Å². The average Bonchev–Trinajstić information content (AvgIpc) is 3.14. The summed E-state index contributed by atoms with van der Waals surface area (Å²) in [6.45, 7) is 3.77. The first kappa shape index (κ1) is 25.4. The molecule has 0 spiro atoms. The van der Waals surface area contributed by atoms with Crippen molar-refractivity contribution in [3.8, 4) is 0 Å². The van der Waals surface area contributed by atoms with E-state index in [0.29, 0.717) is 21.3 Å². The van der Waals surface area contributed by atoms with E-state index in [1.165, 1.54) is 36.6 Å². The van der Waals surface area contributed by atoms with Gasteiger partial charge in [-0.05, 0) is 62.5 Å². The fraction of sp³-hybridized carbons (Fsp3) is 0.217. The van der Waals surface area contributed by atoms with Crippen molar-refractivity contribution in [2.45, 2.75) is 13.8 Å². The summed E-state index contributed by atoms with van der Waals surface area (Å²) in [6, 6.07) is 9.79. The van der Waals surface area contributed by atoms with Gasteiger partial charge in [-0.25, -0.2) is 14.4 Å². The number of thiocarbonyl (C=S) groups is 1. The Labute approximate surface area is 210 Å². The molecule has 3 rings (SSSR count). The van der Waals surface area contributed by atoms with Crippen molar-refractivity contribution in [3.63, 3.8) is 0 Å². The Morgan fingerprint density at radius 1 is 0.912 bits per heavy atom. The molecule has 1 heterocycles. The van der Waals surface area contributed by atoms with Gasteiger partial charge < -0.3 is 24.8 Å². The SMILES string of the molecule is CCOC(=O)c1cc(NC(=S)Nc2ccc3c(Cl)c(C(=O)OC)sc3c2)cc(C(=O)OCC)c1. The maximum Gasteiger partial charge on any atom is 0.349 e. The molecule has 2 N–H and O–H groups in total. The van der Waals surface area contributed by atoms with E-state index in [4.69, 9.17) is 38.0 Å². The minimum Gasteiger partial charge on any atom is -0.465 e. The highest BCUT2D eigenvalue weighted by atomic mass is 35.5. The second-order valence-corrected chi connectivity index (χ2v) is 8.61. The molecule has 0 aliphatic rings. The van der Waals surface area contributed by atoms with Gasteiger partial charge in [0.25, 0.3) is 0 Å². The van der Waals surface area contributed by atoms with E-state index in [-0.39, 0.29) is 29.5 Å². The van der Waals surface area contributed by atoms with E-state index in [9.17, 15) is 14.4 Å². The highest BCUT2D eigenvalue weighted by Gasteiger charge is 2.18. The van der Waals surface area contributed by atoms with Gasteiger partial charge in [-0.1, -0.05) is 11.6 Å². The molecule has 0 bridgehead atoms. The molecule has 3 aromatic rings. The van der Waals surface area contributed by atoms with Gasteiger partial charge in [0.15, 0.2) is 5.11 Å². The summed E-state index contributed by atoms with van der Waals surface area (Å²) in [4.78, 5) is 36.7.